The van der Waals surface area contributed by atoms with E-state index < -0.39 is 77.0 Å². The number of carbonyl (C=O) groups is 3. The first-order valence-electron chi connectivity index (χ1n) is 13.8. The number of primary amides is 1. The molecular formula is C29H42F2N4O7. The van der Waals surface area contributed by atoms with E-state index in [2.05, 4.69) is 5.32 Å². The van der Waals surface area contributed by atoms with Gasteiger partial charge in [-0.15, -0.1) is 0 Å². The maximum atomic E-state index is 14.1. The van der Waals surface area contributed by atoms with Gasteiger partial charge in [-0.1, -0.05) is 0 Å². The molecule has 1 amide bonds. The van der Waals surface area contributed by atoms with E-state index in [4.69, 9.17) is 5.73 Å². The minimum atomic E-state index is -3.05. The van der Waals surface area contributed by atoms with Gasteiger partial charge in [0, 0.05) is 56.3 Å². The van der Waals surface area contributed by atoms with Crippen LogP contribution in [0, 0.1) is 17.8 Å². The van der Waals surface area contributed by atoms with E-state index in [0.717, 1.165) is 6.92 Å². The second-order valence-corrected chi connectivity index (χ2v) is 12.0. The largest absolute Gasteiger partial charge is 0.508 e. The van der Waals surface area contributed by atoms with Crippen LogP contribution in [0.1, 0.15) is 48.7 Å². The average molecular weight is 597 g/mol. The monoisotopic (exact) mass is 596 g/mol. The number of likely N-dealkylation sites (N-methyl/N-ethyl adjacent to an activating group) is 1. The van der Waals surface area contributed by atoms with E-state index in [0.29, 0.717) is 11.3 Å². The summed E-state index contributed by atoms with van der Waals surface area (Å²) in [6.07, 6.45) is 0.0954. The number of rotatable bonds is 11. The summed E-state index contributed by atoms with van der Waals surface area (Å²) in [4.78, 5) is 42.9. The highest BCUT2D eigenvalue weighted by atomic mass is 19.3. The molecule has 2 aliphatic carbocycles. The maximum absolute atomic E-state index is 14.1. The average Bonchev–Trinajstić information content (AvgIpc) is 2.88. The molecule has 3 unspecified atom stereocenters. The van der Waals surface area contributed by atoms with Crippen molar-refractivity contribution in [2.75, 3.05) is 39.7 Å². The molecule has 0 radical (unpaired) electrons. The summed E-state index contributed by atoms with van der Waals surface area (Å²) < 4.78 is 27.6. The topological polar surface area (TPSA) is 177 Å². The number of aromatic hydroxyl groups is 1. The molecule has 0 bridgehead atoms. The normalized spacial score (nSPS) is 24.6. The number of nitrogens with one attached hydrogen (secondary N) is 1. The number of carbonyl (C=O) groups excluding carboxylic acids is 3. The highest BCUT2D eigenvalue weighted by Crippen LogP contribution is 2.51. The third-order valence-corrected chi connectivity index (χ3v) is 8.84. The molecule has 7 N–H and O–H groups in total. The van der Waals surface area contributed by atoms with Gasteiger partial charge in [-0.2, -0.15) is 0 Å². The van der Waals surface area contributed by atoms with Crippen molar-refractivity contribution in [3.63, 3.8) is 0 Å². The third kappa shape index (κ3) is 5.62. The zero-order valence-corrected chi connectivity index (χ0v) is 25.0. The molecule has 6 atom stereocenters. The highest BCUT2D eigenvalue weighted by molar-refractivity contribution is 6.16. The molecule has 0 spiro atoms. The Morgan fingerprint density at radius 2 is 1.81 bits per heavy atom. The van der Waals surface area contributed by atoms with Crippen LogP contribution in [0.25, 0.3) is 0 Å². The lowest BCUT2D eigenvalue weighted by Crippen LogP contribution is -2.62. The lowest BCUT2D eigenvalue weighted by Gasteiger charge is -2.48. The van der Waals surface area contributed by atoms with Crippen molar-refractivity contribution in [3.8, 4) is 5.75 Å². The maximum Gasteiger partial charge on any atom is 0.260 e. The number of fused-ring (bicyclic) bond motifs is 2. The van der Waals surface area contributed by atoms with Gasteiger partial charge in [-0.05, 0) is 58.3 Å². The smallest absolute Gasteiger partial charge is 0.260 e. The molecule has 0 aromatic heterocycles. The van der Waals surface area contributed by atoms with Crippen molar-refractivity contribution in [2.45, 2.75) is 63.8 Å². The number of ketones is 2. The van der Waals surface area contributed by atoms with Gasteiger partial charge in [-0.25, -0.2) is 8.78 Å². The standard InChI is InChI=1S/C29H42F2N4O7/c1-13(27(32)41)25(39)29(42)18(20(12-36)35(6)7)9-15-8-17-19(34(4)5)10-16(11-33-14(2)28(3,30)31)23(37)22(17)24(38)21(15)26(29)40/h10,13-15,18,20,33,36-37,40,42H,8-9,11-12H2,1-7H3,(H2,32,41)/t13?,14?,15-,18-,20?,29+/m0/s1. The molecule has 1 aromatic rings. The van der Waals surface area contributed by atoms with Gasteiger partial charge in [0.1, 0.15) is 11.5 Å². The number of alkyl halides is 2. The molecular weight excluding hydrogens is 554 g/mol. The summed E-state index contributed by atoms with van der Waals surface area (Å²) in [5.74, 6) is -10.9. The number of anilines is 1. The van der Waals surface area contributed by atoms with E-state index in [9.17, 15) is 43.6 Å². The number of halogens is 2. The zero-order chi connectivity index (χ0) is 32.1. The van der Waals surface area contributed by atoms with Crippen molar-refractivity contribution >= 4 is 23.2 Å². The number of phenols is 1. The Morgan fingerprint density at radius 3 is 2.29 bits per heavy atom. The van der Waals surface area contributed by atoms with Crippen molar-refractivity contribution < 1.29 is 43.6 Å². The van der Waals surface area contributed by atoms with Crippen LogP contribution in [0.3, 0.4) is 0 Å². The number of aliphatic hydroxyl groups is 3. The fraction of sp³-hybridized carbons (Fsp3) is 0.621. The van der Waals surface area contributed by atoms with Crippen molar-refractivity contribution in [1.29, 1.82) is 0 Å². The lowest BCUT2D eigenvalue weighted by molar-refractivity contribution is -0.155. The minimum absolute atomic E-state index is 0.0261. The SMILES string of the molecule is CC(C(N)=O)C(=O)[C@@]1(O)C(O)=C2C(=O)c3c(O)c(CNC(C)C(C)(F)F)cc(N(C)C)c3C[C@H]2C[C@H]1C(CO)N(C)C. The molecule has 234 valence electrons. The summed E-state index contributed by atoms with van der Waals surface area (Å²) in [5, 5.41) is 47.6. The van der Waals surface area contributed by atoms with Gasteiger partial charge < -0.3 is 41.3 Å². The van der Waals surface area contributed by atoms with Gasteiger partial charge in [0.15, 0.2) is 17.2 Å². The van der Waals surface area contributed by atoms with E-state index in [1.807, 2.05) is 0 Å². The Labute approximate surface area is 244 Å². The summed E-state index contributed by atoms with van der Waals surface area (Å²) in [5.41, 5.74) is 3.31. The van der Waals surface area contributed by atoms with Crippen LogP contribution in [-0.4, -0.2) is 101 Å². The Morgan fingerprint density at radius 1 is 1.21 bits per heavy atom. The van der Waals surface area contributed by atoms with Crippen LogP contribution in [0.5, 0.6) is 5.75 Å². The molecule has 3 rings (SSSR count). The van der Waals surface area contributed by atoms with E-state index >= 15 is 0 Å². The van der Waals surface area contributed by atoms with Gasteiger partial charge >= 0.3 is 0 Å². The van der Waals surface area contributed by atoms with Crippen LogP contribution in [-0.2, 0) is 22.6 Å². The van der Waals surface area contributed by atoms with Crippen molar-refractivity contribution in [3.05, 3.63) is 34.1 Å². The van der Waals surface area contributed by atoms with E-state index in [1.54, 1.807) is 44.1 Å². The van der Waals surface area contributed by atoms with Gasteiger partial charge in [0.05, 0.1) is 24.1 Å². The number of phenolic OH excluding ortho intramolecular Hbond substituents is 1. The number of hydrogen-bond donors (Lipinski definition) is 6. The van der Waals surface area contributed by atoms with Gasteiger partial charge in [-0.3, -0.25) is 14.4 Å². The highest BCUT2D eigenvalue weighted by Gasteiger charge is 2.59. The number of aliphatic hydroxyl groups excluding tert-OH is 2. The fourth-order valence-corrected chi connectivity index (χ4v) is 6.05. The zero-order valence-electron chi connectivity index (χ0n) is 25.0. The predicted octanol–water partition coefficient (Wildman–Crippen LogP) is 1.12. The number of nitrogens with zero attached hydrogens (tertiary/aromatic N) is 2. The summed E-state index contributed by atoms with van der Waals surface area (Å²) in [6, 6.07) is -0.496. The van der Waals surface area contributed by atoms with Crippen molar-refractivity contribution in [1.82, 2.24) is 10.2 Å². The first-order chi connectivity index (χ1) is 19.3. The molecule has 2 aliphatic rings. The van der Waals surface area contributed by atoms with Crippen LogP contribution >= 0.6 is 0 Å². The van der Waals surface area contributed by atoms with E-state index in [-0.39, 0.29) is 36.1 Å². The Bertz CT molecular complexity index is 1290. The molecule has 42 heavy (non-hydrogen) atoms. The quantitative estimate of drug-likeness (QED) is 0.203. The van der Waals surface area contributed by atoms with Gasteiger partial charge in [0.2, 0.25) is 5.91 Å². The Hall–Kier alpha value is -3.13. The number of nitrogens with two attached hydrogens (primary N) is 1. The lowest BCUT2D eigenvalue weighted by atomic mass is 9.60. The predicted molar refractivity (Wildman–Crippen MR) is 152 cm³/mol. The second-order valence-electron chi connectivity index (χ2n) is 12.0. The first kappa shape index (κ1) is 33.4. The minimum Gasteiger partial charge on any atom is -0.508 e. The molecule has 11 nitrogen and oxygen atoms in total. The van der Waals surface area contributed by atoms with Gasteiger partial charge in [0.25, 0.3) is 5.92 Å². The molecule has 0 saturated heterocycles. The fourth-order valence-electron chi connectivity index (χ4n) is 6.05. The summed E-state index contributed by atoms with van der Waals surface area (Å²) >= 11 is 0. The molecule has 1 aromatic carbocycles. The number of Topliss-reactive ketones (excluding diaryl/α,β-unsaturated/α-hetero) is 2. The van der Waals surface area contributed by atoms with Crippen LogP contribution in [0.4, 0.5) is 14.5 Å². The molecule has 13 heteroatoms. The number of allylic oxidation sites excluding steroid dienone is 1. The summed E-state index contributed by atoms with van der Waals surface area (Å²) in [7, 11) is 6.68. The van der Waals surface area contributed by atoms with Crippen LogP contribution in [0.15, 0.2) is 17.4 Å². The third-order valence-electron chi connectivity index (χ3n) is 8.84. The Kier molecular flexibility index (Phi) is 9.43. The summed E-state index contributed by atoms with van der Waals surface area (Å²) in [6.45, 7) is 2.52. The van der Waals surface area contributed by atoms with E-state index in [1.165, 1.54) is 13.8 Å². The molecule has 0 saturated carbocycles. The number of benzene rings is 1. The molecule has 0 heterocycles. The molecule has 0 aliphatic heterocycles. The van der Waals surface area contributed by atoms with Crippen LogP contribution in [0.2, 0.25) is 0 Å². The Balaban J connectivity index is 2.26. The van der Waals surface area contributed by atoms with Crippen molar-refractivity contribution in [2.24, 2.45) is 23.5 Å². The number of amides is 1. The van der Waals surface area contributed by atoms with Crippen LogP contribution < -0.4 is 16.0 Å². The second kappa shape index (κ2) is 11.9. The molecule has 0 fully saturated rings. The first-order valence-corrected chi connectivity index (χ1v) is 13.8. The number of hydrogen-bond acceptors (Lipinski definition) is 10.